The van der Waals surface area contributed by atoms with Crippen molar-refractivity contribution in [2.45, 2.75) is 65.8 Å². The molecule has 4 amide bonds. The van der Waals surface area contributed by atoms with Crippen molar-refractivity contribution in [2.24, 2.45) is 17.6 Å². The molecule has 0 bridgehead atoms. The molecule has 0 aliphatic heterocycles. The van der Waals surface area contributed by atoms with Gasteiger partial charge in [-0.15, -0.1) is 0 Å². The predicted octanol–water partition coefficient (Wildman–Crippen LogP) is 5.85. The largest absolute Gasteiger partial charge is 0.497 e. The minimum atomic E-state index is -0.902. The topological polar surface area (TPSA) is 149 Å². The van der Waals surface area contributed by atoms with Crippen molar-refractivity contribution >= 4 is 34.4 Å². The number of ether oxygens (including phenoxy) is 2. The third-order valence-corrected chi connectivity index (χ3v) is 8.65. The predicted molar refractivity (Wildman–Crippen MR) is 196 cm³/mol. The molecular formula is C40H48N4O7. The van der Waals surface area contributed by atoms with E-state index in [1.807, 2.05) is 80.6 Å². The summed E-state index contributed by atoms with van der Waals surface area (Å²) < 4.78 is 10.9. The van der Waals surface area contributed by atoms with E-state index in [1.165, 1.54) is 12.0 Å². The summed E-state index contributed by atoms with van der Waals surface area (Å²) in [7, 11) is 3.11. The number of hydrogen-bond acceptors (Lipinski definition) is 7. The Hall–Kier alpha value is -5.42. The van der Waals surface area contributed by atoms with Crippen LogP contribution in [0.15, 0.2) is 84.9 Å². The second-order valence-electron chi connectivity index (χ2n) is 13.0. The van der Waals surface area contributed by atoms with Crippen LogP contribution < -0.4 is 25.8 Å². The van der Waals surface area contributed by atoms with Crippen LogP contribution in [0, 0.1) is 11.8 Å². The maximum Gasteiger partial charge on any atom is 0.252 e. The van der Waals surface area contributed by atoms with Crippen molar-refractivity contribution in [1.82, 2.24) is 15.7 Å². The van der Waals surface area contributed by atoms with Crippen LogP contribution in [0.1, 0.15) is 73.6 Å². The molecule has 0 radical (unpaired) electrons. The Balaban J connectivity index is 1.60. The lowest BCUT2D eigenvalue weighted by Crippen LogP contribution is -2.43. The average molecular weight is 697 g/mol. The first-order valence-electron chi connectivity index (χ1n) is 17.0. The van der Waals surface area contributed by atoms with Crippen LogP contribution >= 0.6 is 0 Å². The van der Waals surface area contributed by atoms with Crippen LogP contribution in [0.3, 0.4) is 0 Å². The van der Waals surface area contributed by atoms with Crippen molar-refractivity contribution < 1.29 is 33.5 Å². The van der Waals surface area contributed by atoms with Gasteiger partial charge in [-0.25, -0.2) is 5.06 Å². The zero-order chi connectivity index (χ0) is 37.1. The smallest absolute Gasteiger partial charge is 0.252 e. The zero-order valence-electron chi connectivity index (χ0n) is 30.1. The summed E-state index contributed by atoms with van der Waals surface area (Å²) in [6.45, 7) is 7.50. The number of primary amides is 1. The number of nitrogens with two attached hydrogens (primary N) is 1. The first kappa shape index (κ1) is 38.4. The van der Waals surface area contributed by atoms with Gasteiger partial charge in [0.25, 0.3) is 5.91 Å². The number of rotatable bonds is 17. The first-order chi connectivity index (χ1) is 24.4. The van der Waals surface area contributed by atoms with Gasteiger partial charge in [0.15, 0.2) is 0 Å². The number of amides is 4. The van der Waals surface area contributed by atoms with Crippen molar-refractivity contribution in [3.63, 3.8) is 0 Å². The van der Waals surface area contributed by atoms with Crippen LogP contribution in [0.25, 0.3) is 10.8 Å². The first-order valence-corrected chi connectivity index (χ1v) is 17.0. The molecule has 4 aromatic rings. The summed E-state index contributed by atoms with van der Waals surface area (Å²) >= 11 is 0. The molecule has 270 valence electrons. The number of nitrogens with zero attached hydrogens (tertiary/aromatic N) is 1. The number of hydroxylamine groups is 2. The molecule has 4 N–H and O–H groups in total. The summed E-state index contributed by atoms with van der Waals surface area (Å²) in [4.78, 5) is 59.5. The Kier molecular flexibility index (Phi) is 13.5. The van der Waals surface area contributed by atoms with Crippen LogP contribution in [0.4, 0.5) is 0 Å². The maximum absolute atomic E-state index is 14.1. The van der Waals surface area contributed by atoms with Crippen molar-refractivity contribution in [1.29, 1.82) is 0 Å². The Morgan fingerprint density at radius 3 is 2.20 bits per heavy atom. The lowest BCUT2D eigenvalue weighted by molar-refractivity contribution is -0.197. The molecule has 0 aromatic heterocycles. The minimum absolute atomic E-state index is 0.0740. The molecule has 0 fully saturated rings. The van der Waals surface area contributed by atoms with E-state index in [1.54, 1.807) is 39.3 Å². The number of hydrogen-bond donors (Lipinski definition) is 3. The molecule has 0 aliphatic rings. The molecule has 4 rings (SSSR count). The van der Waals surface area contributed by atoms with Crippen LogP contribution in [0.2, 0.25) is 0 Å². The molecule has 0 heterocycles. The standard InChI is InChI=1S/C40H48N4O7/c1-25(2)20-31(21-36(45)44(51-24-28-12-8-7-9-13-28)23-30-16-18-32(49-5)22-35(30)50-6)39(47)42-26(3)33-19-17-29-14-10-11-15-34(29)37(33)40(48)43-27(4)38(41)46/h7-19,22,25-27,31H,20-21,23-24H2,1-6H3,(H2,41,46)(H,42,47)(H,43,48)/t26-,27-,31+/m0/s1. The van der Waals surface area contributed by atoms with E-state index in [2.05, 4.69) is 10.6 Å². The van der Waals surface area contributed by atoms with E-state index in [9.17, 15) is 19.2 Å². The highest BCUT2D eigenvalue weighted by atomic mass is 16.7. The molecule has 0 unspecified atom stereocenters. The van der Waals surface area contributed by atoms with Gasteiger partial charge in [0.05, 0.1) is 32.4 Å². The summed E-state index contributed by atoms with van der Waals surface area (Å²) in [5, 5.41) is 8.51. The highest BCUT2D eigenvalue weighted by molar-refractivity contribution is 6.09. The van der Waals surface area contributed by atoms with Crippen molar-refractivity contribution in [3.05, 3.63) is 107 Å². The Bertz CT molecular complexity index is 1830. The third-order valence-electron chi connectivity index (χ3n) is 8.65. The monoisotopic (exact) mass is 696 g/mol. The van der Waals surface area contributed by atoms with E-state index in [-0.39, 0.29) is 37.3 Å². The van der Waals surface area contributed by atoms with Gasteiger partial charge in [-0.3, -0.25) is 24.0 Å². The summed E-state index contributed by atoms with van der Waals surface area (Å²) in [6.07, 6.45) is 0.315. The van der Waals surface area contributed by atoms with E-state index in [0.717, 1.165) is 10.9 Å². The number of nitrogens with one attached hydrogen (secondary N) is 2. The van der Waals surface area contributed by atoms with Gasteiger partial charge in [0.1, 0.15) is 24.1 Å². The molecule has 11 nitrogen and oxygen atoms in total. The molecule has 0 spiro atoms. The average Bonchev–Trinajstić information content (AvgIpc) is 3.12. The van der Waals surface area contributed by atoms with E-state index in [4.69, 9.17) is 20.0 Å². The number of fused-ring (bicyclic) bond motifs is 1. The third kappa shape index (κ3) is 10.3. The maximum atomic E-state index is 14.1. The number of carbonyl (C=O) groups excluding carboxylic acids is 4. The second kappa shape index (κ2) is 18.0. The van der Waals surface area contributed by atoms with E-state index in [0.29, 0.717) is 40.0 Å². The van der Waals surface area contributed by atoms with Crippen LogP contribution in [-0.4, -0.2) is 49.0 Å². The van der Waals surface area contributed by atoms with Crippen LogP contribution in [-0.2, 0) is 32.4 Å². The fraction of sp³-hybridized carbons (Fsp3) is 0.350. The van der Waals surface area contributed by atoms with Gasteiger partial charge in [0, 0.05) is 24.0 Å². The van der Waals surface area contributed by atoms with E-state index < -0.39 is 29.8 Å². The van der Waals surface area contributed by atoms with Gasteiger partial charge >= 0.3 is 0 Å². The molecular weight excluding hydrogens is 648 g/mol. The SMILES string of the molecule is COc1ccc(CN(OCc2ccccc2)C(=O)C[C@@H](CC(C)C)C(=O)N[C@@H](C)c2ccc3ccccc3c2C(=O)N[C@@H](C)C(N)=O)c(OC)c1. The number of benzene rings is 4. The molecule has 0 aliphatic carbocycles. The Morgan fingerprint density at radius 2 is 1.53 bits per heavy atom. The number of methoxy groups -OCH3 is 2. The second-order valence-corrected chi connectivity index (χ2v) is 13.0. The van der Waals surface area contributed by atoms with Crippen molar-refractivity contribution in [3.8, 4) is 11.5 Å². The molecule has 4 aromatic carbocycles. The van der Waals surface area contributed by atoms with Gasteiger partial charge in [0.2, 0.25) is 17.7 Å². The zero-order valence-corrected chi connectivity index (χ0v) is 30.1. The van der Waals surface area contributed by atoms with Gasteiger partial charge in [-0.1, -0.05) is 80.6 Å². The van der Waals surface area contributed by atoms with Crippen molar-refractivity contribution in [2.75, 3.05) is 14.2 Å². The fourth-order valence-corrected chi connectivity index (χ4v) is 5.89. The van der Waals surface area contributed by atoms with Gasteiger partial charge in [-0.05, 0) is 60.2 Å². The fourth-order valence-electron chi connectivity index (χ4n) is 5.89. The minimum Gasteiger partial charge on any atom is -0.497 e. The summed E-state index contributed by atoms with van der Waals surface area (Å²) in [6, 6.07) is 24.4. The highest BCUT2D eigenvalue weighted by Crippen LogP contribution is 2.30. The quantitative estimate of drug-likeness (QED) is 0.117. The molecule has 3 atom stereocenters. The lowest BCUT2D eigenvalue weighted by Gasteiger charge is -2.27. The lowest BCUT2D eigenvalue weighted by atomic mass is 9.91. The number of carbonyl (C=O) groups is 4. The Morgan fingerprint density at radius 1 is 0.824 bits per heavy atom. The van der Waals surface area contributed by atoms with E-state index >= 15 is 0 Å². The van der Waals surface area contributed by atoms with Crippen LogP contribution in [0.5, 0.6) is 11.5 Å². The molecule has 0 saturated heterocycles. The normalized spacial score (nSPS) is 12.8. The Labute approximate surface area is 299 Å². The highest BCUT2D eigenvalue weighted by Gasteiger charge is 2.30. The van der Waals surface area contributed by atoms with Gasteiger partial charge in [-0.2, -0.15) is 0 Å². The molecule has 0 saturated carbocycles. The molecule has 11 heteroatoms. The summed E-state index contributed by atoms with van der Waals surface area (Å²) in [5.74, 6) is -1.32. The van der Waals surface area contributed by atoms with Gasteiger partial charge < -0.3 is 25.8 Å². The summed E-state index contributed by atoms with van der Waals surface area (Å²) in [5.41, 5.74) is 7.90. The molecule has 51 heavy (non-hydrogen) atoms.